The molecule has 0 bridgehead atoms. The van der Waals surface area contributed by atoms with Crippen LogP contribution in [0, 0.1) is 11.3 Å². The van der Waals surface area contributed by atoms with Gasteiger partial charge in [0.1, 0.15) is 0 Å². The van der Waals surface area contributed by atoms with Crippen molar-refractivity contribution in [1.82, 2.24) is 9.80 Å². The Labute approximate surface area is 108 Å². The number of carbonyl (C=O) groups is 1. The SMILES string of the molecule is N#CCN1CCN(C(=O)c2ccoc2Br)CC1. The van der Waals surface area contributed by atoms with Gasteiger partial charge in [0, 0.05) is 26.2 Å². The molecule has 0 aliphatic carbocycles. The molecule has 0 unspecified atom stereocenters. The Bertz CT molecular complexity index is 444. The molecule has 2 heterocycles. The van der Waals surface area contributed by atoms with Crippen molar-refractivity contribution >= 4 is 21.8 Å². The molecule has 17 heavy (non-hydrogen) atoms. The molecule has 1 fully saturated rings. The predicted molar refractivity (Wildman–Crippen MR) is 64.4 cm³/mol. The van der Waals surface area contributed by atoms with Crippen LogP contribution < -0.4 is 0 Å². The highest BCUT2D eigenvalue weighted by molar-refractivity contribution is 9.10. The van der Waals surface area contributed by atoms with Crippen LogP contribution in [0.1, 0.15) is 10.4 Å². The fraction of sp³-hybridized carbons (Fsp3) is 0.455. The first-order chi connectivity index (χ1) is 8.22. The van der Waals surface area contributed by atoms with Gasteiger partial charge >= 0.3 is 0 Å². The van der Waals surface area contributed by atoms with E-state index in [1.165, 1.54) is 6.26 Å². The molecule has 1 aliphatic rings. The zero-order valence-electron chi connectivity index (χ0n) is 9.23. The minimum atomic E-state index is -0.0257. The molecule has 1 aromatic heterocycles. The van der Waals surface area contributed by atoms with Crippen molar-refractivity contribution in [2.24, 2.45) is 0 Å². The van der Waals surface area contributed by atoms with Crippen LogP contribution in [0.25, 0.3) is 0 Å². The van der Waals surface area contributed by atoms with Crippen molar-refractivity contribution < 1.29 is 9.21 Å². The maximum absolute atomic E-state index is 12.1. The smallest absolute Gasteiger partial charge is 0.258 e. The summed E-state index contributed by atoms with van der Waals surface area (Å²) in [4.78, 5) is 15.9. The molecule has 1 aromatic rings. The maximum Gasteiger partial charge on any atom is 0.258 e. The van der Waals surface area contributed by atoms with Gasteiger partial charge in [-0.3, -0.25) is 9.69 Å². The van der Waals surface area contributed by atoms with Gasteiger partial charge in [0.05, 0.1) is 24.4 Å². The summed E-state index contributed by atoms with van der Waals surface area (Å²) < 4.78 is 5.53. The molecule has 0 N–H and O–H groups in total. The van der Waals surface area contributed by atoms with Crippen molar-refractivity contribution in [3.63, 3.8) is 0 Å². The maximum atomic E-state index is 12.1. The topological polar surface area (TPSA) is 60.5 Å². The summed E-state index contributed by atoms with van der Waals surface area (Å²) in [5.41, 5.74) is 0.554. The molecule has 6 heteroatoms. The number of amides is 1. The number of hydrogen-bond acceptors (Lipinski definition) is 4. The molecule has 0 spiro atoms. The lowest BCUT2D eigenvalue weighted by molar-refractivity contribution is 0.0650. The van der Waals surface area contributed by atoms with Crippen LogP contribution >= 0.6 is 15.9 Å². The van der Waals surface area contributed by atoms with Crippen LogP contribution in [0.5, 0.6) is 0 Å². The second kappa shape index (κ2) is 5.34. The minimum Gasteiger partial charge on any atom is -0.457 e. The van der Waals surface area contributed by atoms with Gasteiger partial charge in [0.15, 0.2) is 4.67 Å². The number of piperazine rings is 1. The van der Waals surface area contributed by atoms with Gasteiger partial charge in [-0.15, -0.1) is 0 Å². The summed E-state index contributed by atoms with van der Waals surface area (Å²) in [6.45, 7) is 3.22. The summed E-state index contributed by atoms with van der Waals surface area (Å²) in [6.07, 6.45) is 1.49. The number of hydrogen-bond donors (Lipinski definition) is 0. The fourth-order valence-electron chi connectivity index (χ4n) is 1.83. The number of rotatable bonds is 2. The zero-order chi connectivity index (χ0) is 12.3. The van der Waals surface area contributed by atoms with Gasteiger partial charge in [-0.05, 0) is 22.0 Å². The molecule has 0 radical (unpaired) electrons. The first kappa shape index (κ1) is 12.1. The summed E-state index contributed by atoms with van der Waals surface area (Å²) in [7, 11) is 0. The number of nitrogens with zero attached hydrogens (tertiary/aromatic N) is 3. The predicted octanol–water partition coefficient (Wildman–Crippen LogP) is 1.32. The number of carbonyl (C=O) groups excluding carboxylic acids is 1. The molecule has 90 valence electrons. The van der Waals surface area contributed by atoms with Crippen LogP contribution in [0.4, 0.5) is 0 Å². The molecule has 0 aromatic carbocycles. The van der Waals surface area contributed by atoms with Gasteiger partial charge in [-0.25, -0.2) is 0 Å². The Balaban J connectivity index is 1.96. The minimum absolute atomic E-state index is 0.0257. The third-order valence-electron chi connectivity index (χ3n) is 2.80. The Kier molecular flexibility index (Phi) is 3.82. The van der Waals surface area contributed by atoms with Crippen LogP contribution in [-0.2, 0) is 0 Å². The van der Waals surface area contributed by atoms with E-state index in [4.69, 9.17) is 9.68 Å². The van der Waals surface area contributed by atoms with Crippen molar-refractivity contribution in [2.75, 3.05) is 32.7 Å². The Morgan fingerprint density at radius 3 is 2.71 bits per heavy atom. The lowest BCUT2D eigenvalue weighted by atomic mass is 10.2. The van der Waals surface area contributed by atoms with E-state index in [1.54, 1.807) is 11.0 Å². The fourth-order valence-corrected chi connectivity index (χ4v) is 2.24. The normalized spacial score (nSPS) is 16.8. The summed E-state index contributed by atoms with van der Waals surface area (Å²) in [5.74, 6) is -0.0257. The first-order valence-electron chi connectivity index (χ1n) is 5.34. The van der Waals surface area contributed by atoms with E-state index in [1.807, 2.05) is 4.90 Å². The molecule has 1 aliphatic heterocycles. The molecule has 1 amide bonds. The van der Waals surface area contributed by atoms with E-state index < -0.39 is 0 Å². The van der Waals surface area contributed by atoms with Gasteiger partial charge in [0.2, 0.25) is 0 Å². The monoisotopic (exact) mass is 297 g/mol. The molecule has 5 nitrogen and oxygen atoms in total. The van der Waals surface area contributed by atoms with Crippen molar-refractivity contribution in [3.05, 3.63) is 22.6 Å². The van der Waals surface area contributed by atoms with Gasteiger partial charge in [0.25, 0.3) is 5.91 Å². The highest BCUT2D eigenvalue weighted by Crippen LogP contribution is 2.20. The molecule has 0 saturated carbocycles. The van der Waals surface area contributed by atoms with E-state index in [9.17, 15) is 4.79 Å². The van der Waals surface area contributed by atoms with Gasteiger partial charge in [-0.2, -0.15) is 5.26 Å². The first-order valence-corrected chi connectivity index (χ1v) is 6.13. The zero-order valence-corrected chi connectivity index (χ0v) is 10.8. The van der Waals surface area contributed by atoms with Gasteiger partial charge in [-0.1, -0.05) is 0 Å². The Hall–Kier alpha value is -1.32. The van der Waals surface area contributed by atoms with E-state index in [0.29, 0.717) is 29.9 Å². The molecular formula is C11H12BrN3O2. The average Bonchev–Trinajstić information content (AvgIpc) is 2.76. The highest BCUT2D eigenvalue weighted by atomic mass is 79.9. The standard InChI is InChI=1S/C11H12BrN3O2/c12-10-9(1-8-17-10)11(16)15-6-4-14(3-2-13)5-7-15/h1,8H,3-7H2. The number of nitriles is 1. The summed E-state index contributed by atoms with van der Waals surface area (Å²) in [5, 5.41) is 8.59. The number of furan rings is 1. The van der Waals surface area contributed by atoms with E-state index in [2.05, 4.69) is 22.0 Å². The lowest BCUT2D eigenvalue weighted by Crippen LogP contribution is -2.48. The van der Waals surface area contributed by atoms with E-state index in [-0.39, 0.29) is 5.91 Å². The van der Waals surface area contributed by atoms with E-state index >= 15 is 0 Å². The van der Waals surface area contributed by atoms with Gasteiger partial charge < -0.3 is 9.32 Å². The average molecular weight is 298 g/mol. The third-order valence-corrected chi connectivity index (χ3v) is 3.42. The van der Waals surface area contributed by atoms with Crippen LogP contribution in [-0.4, -0.2) is 48.4 Å². The summed E-state index contributed by atoms with van der Waals surface area (Å²) in [6, 6.07) is 3.78. The van der Waals surface area contributed by atoms with Crippen LogP contribution in [0.15, 0.2) is 21.4 Å². The third kappa shape index (κ3) is 2.68. The number of halogens is 1. The second-order valence-corrected chi connectivity index (χ2v) is 4.55. The van der Waals surface area contributed by atoms with Crippen molar-refractivity contribution in [3.8, 4) is 6.07 Å². The molecule has 2 rings (SSSR count). The second-order valence-electron chi connectivity index (χ2n) is 3.83. The van der Waals surface area contributed by atoms with Crippen LogP contribution in [0.3, 0.4) is 0 Å². The largest absolute Gasteiger partial charge is 0.457 e. The molecular weight excluding hydrogens is 286 g/mol. The Morgan fingerprint density at radius 1 is 1.47 bits per heavy atom. The quantitative estimate of drug-likeness (QED) is 0.773. The van der Waals surface area contributed by atoms with E-state index in [0.717, 1.165) is 13.1 Å². The molecule has 1 saturated heterocycles. The molecule has 0 atom stereocenters. The summed E-state index contributed by atoms with van der Waals surface area (Å²) >= 11 is 3.20. The lowest BCUT2D eigenvalue weighted by Gasteiger charge is -2.33. The highest BCUT2D eigenvalue weighted by Gasteiger charge is 2.24. The van der Waals surface area contributed by atoms with Crippen molar-refractivity contribution in [1.29, 1.82) is 5.26 Å². The van der Waals surface area contributed by atoms with Crippen molar-refractivity contribution in [2.45, 2.75) is 0 Å². The Morgan fingerprint density at radius 2 is 2.18 bits per heavy atom. The van der Waals surface area contributed by atoms with Crippen LogP contribution in [0.2, 0.25) is 0 Å².